The smallest absolute Gasteiger partial charge is 0.406 e. The third-order valence-electron chi connectivity index (χ3n) is 4.46. The Hall–Kier alpha value is -3.79. The van der Waals surface area contributed by atoms with Crippen molar-refractivity contribution >= 4 is 5.91 Å². The SMILES string of the molecule is N#Cc1ccc(CN(CC(F)(F)F)C(=O)c2ccc(COc3ccccc3)cc2)cc1. The van der Waals surface area contributed by atoms with Gasteiger partial charge in [0.1, 0.15) is 18.9 Å². The molecule has 3 aromatic rings. The molecular weight excluding hydrogens is 405 g/mol. The number of nitrogens with zero attached hydrogens (tertiary/aromatic N) is 2. The molecule has 0 aliphatic heterocycles. The third kappa shape index (κ3) is 6.61. The maximum atomic E-state index is 13.1. The lowest BCUT2D eigenvalue weighted by atomic mass is 10.1. The summed E-state index contributed by atoms with van der Waals surface area (Å²) in [5.74, 6) is -0.0290. The predicted molar refractivity (Wildman–Crippen MR) is 109 cm³/mol. The van der Waals surface area contributed by atoms with E-state index >= 15 is 0 Å². The first kappa shape index (κ1) is 21.9. The molecule has 31 heavy (non-hydrogen) atoms. The number of hydrogen-bond donors (Lipinski definition) is 0. The van der Waals surface area contributed by atoms with Gasteiger partial charge in [-0.15, -0.1) is 0 Å². The number of para-hydroxylation sites is 1. The maximum Gasteiger partial charge on any atom is 0.406 e. The van der Waals surface area contributed by atoms with Crippen LogP contribution < -0.4 is 4.74 Å². The van der Waals surface area contributed by atoms with Crippen LogP contribution in [0.1, 0.15) is 27.0 Å². The quantitative estimate of drug-likeness (QED) is 0.514. The second kappa shape index (κ2) is 9.81. The van der Waals surface area contributed by atoms with Gasteiger partial charge in [0, 0.05) is 12.1 Å². The van der Waals surface area contributed by atoms with Crippen LogP contribution in [0.5, 0.6) is 5.75 Å². The zero-order chi connectivity index (χ0) is 22.3. The van der Waals surface area contributed by atoms with Crippen molar-refractivity contribution in [3.05, 3.63) is 101 Å². The molecule has 0 unspecified atom stereocenters. The molecule has 0 N–H and O–H groups in total. The molecule has 0 spiro atoms. The Kier molecular flexibility index (Phi) is 6.93. The summed E-state index contributed by atoms with van der Waals surface area (Å²) in [5, 5.41) is 8.85. The molecule has 0 aliphatic rings. The van der Waals surface area contributed by atoms with Crippen molar-refractivity contribution in [2.45, 2.75) is 19.3 Å². The third-order valence-corrected chi connectivity index (χ3v) is 4.46. The van der Waals surface area contributed by atoms with Crippen molar-refractivity contribution < 1.29 is 22.7 Å². The Morgan fingerprint density at radius 3 is 2.10 bits per heavy atom. The fourth-order valence-electron chi connectivity index (χ4n) is 2.93. The number of benzene rings is 3. The fourth-order valence-corrected chi connectivity index (χ4v) is 2.93. The first-order valence-corrected chi connectivity index (χ1v) is 9.46. The monoisotopic (exact) mass is 424 g/mol. The molecule has 0 saturated carbocycles. The zero-order valence-corrected chi connectivity index (χ0v) is 16.5. The molecule has 158 valence electrons. The number of carbonyl (C=O) groups is 1. The normalized spacial score (nSPS) is 10.9. The van der Waals surface area contributed by atoms with E-state index in [0.717, 1.165) is 10.5 Å². The number of nitriles is 1. The minimum absolute atomic E-state index is 0.154. The molecule has 7 heteroatoms. The van der Waals surface area contributed by atoms with Gasteiger partial charge >= 0.3 is 6.18 Å². The molecule has 3 aromatic carbocycles. The first-order valence-electron chi connectivity index (χ1n) is 9.46. The number of alkyl halides is 3. The summed E-state index contributed by atoms with van der Waals surface area (Å²) in [5.41, 5.74) is 1.84. The molecule has 0 bridgehead atoms. The second-order valence-corrected chi connectivity index (χ2v) is 6.88. The van der Waals surface area contributed by atoms with Crippen LogP contribution in [0.4, 0.5) is 13.2 Å². The van der Waals surface area contributed by atoms with Crippen molar-refractivity contribution in [1.29, 1.82) is 5.26 Å². The number of ether oxygens (including phenoxy) is 1. The fraction of sp³-hybridized carbons (Fsp3) is 0.167. The van der Waals surface area contributed by atoms with E-state index in [9.17, 15) is 18.0 Å². The van der Waals surface area contributed by atoms with Gasteiger partial charge in [-0.3, -0.25) is 4.79 Å². The molecule has 0 atom stereocenters. The molecule has 0 aromatic heterocycles. The van der Waals surface area contributed by atoms with Crippen molar-refractivity contribution in [2.75, 3.05) is 6.54 Å². The van der Waals surface area contributed by atoms with E-state index in [0.29, 0.717) is 16.9 Å². The van der Waals surface area contributed by atoms with Crippen molar-refractivity contribution in [2.24, 2.45) is 0 Å². The van der Waals surface area contributed by atoms with Gasteiger partial charge in [0.2, 0.25) is 0 Å². The van der Waals surface area contributed by atoms with Crippen LogP contribution in [0.15, 0.2) is 78.9 Å². The van der Waals surface area contributed by atoms with Gasteiger partial charge in [-0.05, 0) is 47.5 Å². The van der Waals surface area contributed by atoms with Gasteiger partial charge in [0.15, 0.2) is 0 Å². The highest BCUT2D eigenvalue weighted by Gasteiger charge is 2.33. The molecule has 3 rings (SSSR count). The minimum atomic E-state index is -4.54. The summed E-state index contributed by atoms with van der Waals surface area (Å²) < 4.78 is 44.9. The Morgan fingerprint density at radius 2 is 1.52 bits per heavy atom. The average molecular weight is 424 g/mol. The Bertz CT molecular complexity index is 1040. The number of amides is 1. The van der Waals surface area contributed by atoms with Crippen LogP contribution in [0.2, 0.25) is 0 Å². The van der Waals surface area contributed by atoms with Gasteiger partial charge in [0.25, 0.3) is 5.91 Å². The topological polar surface area (TPSA) is 53.3 Å². The predicted octanol–water partition coefficient (Wildman–Crippen LogP) is 5.34. The molecule has 0 heterocycles. The highest BCUT2D eigenvalue weighted by atomic mass is 19.4. The number of hydrogen-bond acceptors (Lipinski definition) is 3. The van der Waals surface area contributed by atoms with E-state index in [1.54, 1.807) is 24.3 Å². The first-order chi connectivity index (χ1) is 14.8. The van der Waals surface area contributed by atoms with Gasteiger partial charge in [-0.25, -0.2) is 0 Å². The van der Waals surface area contributed by atoms with Gasteiger partial charge < -0.3 is 9.64 Å². The van der Waals surface area contributed by atoms with E-state index in [1.807, 2.05) is 36.4 Å². The van der Waals surface area contributed by atoms with Gasteiger partial charge in [-0.1, -0.05) is 42.5 Å². The molecule has 0 fully saturated rings. The van der Waals surface area contributed by atoms with E-state index in [-0.39, 0.29) is 18.7 Å². The summed E-state index contributed by atoms with van der Waals surface area (Å²) in [6.07, 6.45) is -4.54. The molecule has 4 nitrogen and oxygen atoms in total. The van der Waals surface area contributed by atoms with Crippen LogP contribution in [0.25, 0.3) is 0 Å². The van der Waals surface area contributed by atoms with Crippen LogP contribution in [0.3, 0.4) is 0 Å². The van der Waals surface area contributed by atoms with Gasteiger partial charge in [0.05, 0.1) is 11.6 Å². The molecule has 1 amide bonds. The standard InChI is InChI=1S/C24H19F3N2O2/c25-24(26,27)17-29(15-19-8-6-18(14-28)7-9-19)23(30)21-12-10-20(11-13-21)16-31-22-4-2-1-3-5-22/h1-13H,15-17H2. The summed E-state index contributed by atoms with van der Waals surface area (Å²) in [4.78, 5) is 13.5. The van der Waals surface area contributed by atoms with Crippen molar-refractivity contribution in [1.82, 2.24) is 4.90 Å². The molecule has 0 saturated heterocycles. The molecular formula is C24H19F3N2O2. The lowest BCUT2D eigenvalue weighted by Crippen LogP contribution is -2.38. The molecule has 0 aliphatic carbocycles. The Labute approximate surface area is 178 Å². The average Bonchev–Trinajstić information content (AvgIpc) is 2.77. The number of halogens is 3. The summed E-state index contributed by atoms with van der Waals surface area (Å²) in [7, 11) is 0. The summed E-state index contributed by atoms with van der Waals surface area (Å²) >= 11 is 0. The van der Waals surface area contributed by atoms with Crippen LogP contribution in [-0.2, 0) is 13.2 Å². The Morgan fingerprint density at radius 1 is 0.903 bits per heavy atom. The number of carbonyl (C=O) groups excluding carboxylic acids is 1. The number of rotatable bonds is 7. The zero-order valence-electron chi connectivity index (χ0n) is 16.5. The second-order valence-electron chi connectivity index (χ2n) is 6.88. The minimum Gasteiger partial charge on any atom is -0.489 e. The highest BCUT2D eigenvalue weighted by Crippen LogP contribution is 2.21. The molecule has 0 radical (unpaired) electrons. The maximum absolute atomic E-state index is 13.1. The van der Waals surface area contributed by atoms with Crippen LogP contribution in [-0.4, -0.2) is 23.5 Å². The van der Waals surface area contributed by atoms with Crippen molar-refractivity contribution in [3.63, 3.8) is 0 Å². The lowest BCUT2D eigenvalue weighted by Gasteiger charge is -2.24. The Balaban J connectivity index is 1.71. The van der Waals surface area contributed by atoms with E-state index in [2.05, 4.69) is 0 Å². The van der Waals surface area contributed by atoms with E-state index in [1.165, 1.54) is 24.3 Å². The van der Waals surface area contributed by atoms with Crippen LogP contribution in [0, 0.1) is 11.3 Å². The highest BCUT2D eigenvalue weighted by molar-refractivity contribution is 5.94. The lowest BCUT2D eigenvalue weighted by molar-refractivity contribution is -0.141. The van der Waals surface area contributed by atoms with E-state index < -0.39 is 18.6 Å². The van der Waals surface area contributed by atoms with Crippen LogP contribution >= 0.6 is 0 Å². The summed E-state index contributed by atoms with van der Waals surface area (Å²) in [6, 6.07) is 23.5. The van der Waals surface area contributed by atoms with Gasteiger partial charge in [-0.2, -0.15) is 18.4 Å². The van der Waals surface area contributed by atoms with E-state index in [4.69, 9.17) is 10.00 Å². The summed E-state index contributed by atoms with van der Waals surface area (Å²) in [6.45, 7) is -1.32. The van der Waals surface area contributed by atoms with Crippen molar-refractivity contribution in [3.8, 4) is 11.8 Å². The largest absolute Gasteiger partial charge is 0.489 e.